The van der Waals surface area contributed by atoms with Crippen LogP contribution in [-0.2, 0) is 0 Å². The molecule has 0 radical (unpaired) electrons. The molecular formula is C73H45N5. The molecule has 14 rings (SSSR count). The molecule has 11 aromatic carbocycles. The van der Waals surface area contributed by atoms with Gasteiger partial charge in [-0.25, -0.2) is 0 Å². The quantitative estimate of drug-likeness (QED) is 0.145. The Morgan fingerprint density at radius 2 is 0.590 bits per heavy atom. The van der Waals surface area contributed by atoms with Gasteiger partial charge in [0.25, 0.3) is 0 Å². The second kappa shape index (κ2) is 19.1. The summed E-state index contributed by atoms with van der Waals surface area (Å²) >= 11 is 0. The van der Waals surface area contributed by atoms with Crippen molar-refractivity contribution in [1.29, 1.82) is 10.5 Å². The molecule has 0 spiro atoms. The molecule has 0 N–H and O–H groups in total. The number of rotatable bonds is 9. The Hall–Kier alpha value is -10.9. The van der Waals surface area contributed by atoms with Crippen molar-refractivity contribution in [2.75, 3.05) is 0 Å². The van der Waals surface area contributed by atoms with E-state index in [1.807, 2.05) is 24.5 Å². The van der Waals surface area contributed by atoms with Crippen molar-refractivity contribution in [1.82, 2.24) is 14.1 Å². The van der Waals surface area contributed by atoms with E-state index in [0.29, 0.717) is 11.1 Å². The van der Waals surface area contributed by atoms with Gasteiger partial charge in [0.2, 0.25) is 0 Å². The highest BCUT2D eigenvalue weighted by molar-refractivity contribution is 6.14. The number of nitrogens with zero attached hydrogens (tertiary/aromatic N) is 5. The Labute approximate surface area is 451 Å². The minimum atomic E-state index is 0.307. The number of benzene rings is 11. The van der Waals surface area contributed by atoms with Crippen molar-refractivity contribution in [3.8, 4) is 101 Å². The second-order valence-electron chi connectivity index (χ2n) is 19.7. The van der Waals surface area contributed by atoms with E-state index in [-0.39, 0.29) is 0 Å². The Balaban J connectivity index is 1.02. The number of para-hydroxylation sites is 2. The van der Waals surface area contributed by atoms with Crippen LogP contribution in [0, 0.1) is 22.7 Å². The van der Waals surface area contributed by atoms with Gasteiger partial charge in [0.15, 0.2) is 0 Å². The molecule has 3 aromatic heterocycles. The van der Waals surface area contributed by atoms with Gasteiger partial charge in [-0.15, -0.1) is 0 Å². The number of hydrogen-bond acceptors (Lipinski definition) is 3. The van der Waals surface area contributed by atoms with E-state index in [0.717, 1.165) is 133 Å². The average Bonchev–Trinajstić information content (AvgIpc) is 4.15. The Kier molecular flexibility index (Phi) is 11.2. The monoisotopic (exact) mass is 991 g/mol. The fourth-order valence-corrected chi connectivity index (χ4v) is 11.7. The highest BCUT2D eigenvalue weighted by atomic mass is 15.0. The molecule has 0 unspecified atom stereocenters. The van der Waals surface area contributed by atoms with Crippen LogP contribution >= 0.6 is 0 Å². The second-order valence-corrected chi connectivity index (χ2v) is 19.7. The first-order valence-corrected chi connectivity index (χ1v) is 26.1. The first-order chi connectivity index (χ1) is 38.6. The fourth-order valence-electron chi connectivity index (χ4n) is 11.7. The zero-order chi connectivity index (χ0) is 52.1. The molecule has 78 heavy (non-hydrogen) atoms. The molecule has 0 aliphatic carbocycles. The predicted octanol–water partition coefficient (Wildman–Crippen LogP) is 18.7. The van der Waals surface area contributed by atoms with E-state index >= 15 is 0 Å². The maximum Gasteiger partial charge on any atom is 0.101 e. The summed E-state index contributed by atoms with van der Waals surface area (Å²) in [7, 11) is 0. The summed E-state index contributed by atoms with van der Waals surface area (Å²) in [6, 6.07) is 96.7. The van der Waals surface area contributed by atoms with Gasteiger partial charge in [0.1, 0.15) is 12.1 Å². The molecule has 0 fully saturated rings. The maximum absolute atomic E-state index is 10.6. The molecule has 0 amide bonds. The molecule has 0 saturated carbocycles. The standard InChI is InChI=1S/C73H45N5/c74-44-57-30-29-56(39-58(57)45-75)73-65(59-25-13-15-27-67(59)77-69-35-31-52(48-17-5-1-6-18-48)40-61(69)62-41-53(32-36-70(62)77)49-19-7-2-8-20-49)46-76-47-66(73)60-26-14-16-28-68(60)78-71-37-33-54(50-21-9-3-10-22-50)42-63(71)64-43-55(34-38-72(64)78)51-23-11-4-12-24-51/h1-43,46-47H. The molecular weight excluding hydrogens is 947 g/mol. The van der Waals surface area contributed by atoms with E-state index in [9.17, 15) is 10.5 Å². The van der Waals surface area contributed by atoms with Crippen LogP contribution in [0.5, 0.6) is 0 Å². The average molecular weight is 992 g/mol. The van der Waals surface area contributed by atoms with Gasteiger partial charge in [-0.1, -0.05) is 188 Å². The van der Waals surface area contributed by atoms with Crippen molar-refractivity contribution in [3.63, 3.8) is 0 Å². The minimum absolute atomic E-state index is 0.307. The smallest absolute Gasteiger partial charge is 0.101 e. The normalized spacial score (nSPS) is 11.3. The lowest BCUT2D eigenvalue weighted by Crippen LogP contribution is -2.02. The molecule has 3 heterocycles. The lowest BCUT2D eigenvalue weighted by atomic mass is 9.87. The Morgan fingerprint density at radius 1 is 0.269 bits per heavy atom. The lowest BCUT2D eigenvalue weighted by Gasteiger charge is -2.21. The number of fused-ring (bicyclic) bond motifs is 6. The molecule has 0 atom stereocenters. The van der Waals surface area contributed by atoms with Crippen LogP contribution in [-0.4, -0.2) is 14.1 Å². The molecule has 362 valence electrons. The van der Waals surface area contributed by atoms with E-state index < -0.39 is 0 Å². The van der Waals surface area contributed by atoms with Crippen LogP contribution in [0.2, 0.25) is 0 Å². The summed E-state index contributed by atoms with van der Waals surface area (Å²) in [5.74, 6) is 0. The van der Waals surface area contributed by atoms with Gasteiger partial charge in [-0.2, -0.15) is 10.5 Å². The first kappa shape index (κ1) is 45.7. The van der Waals surface area contributed by atoms with E-state index in [2.05, 4.69) is 264 Å². The van der Waals surface area contributed by atoms with Crippen LogP contribution in [0.1, 0.15) is 11.1 Å². The van der Waals surface area contributed by atoms with Crippen LogP contribution < -0.4 is 0 Å². The van der Waals surface area contributed by atoms with Crippen molar-refractivity contribution in [2.45, 2.75) is 0 Å². The summed E-state index contributed by atoms with van der Waals surface area (Å²) in [6.45, 7) is 0. The fraction of sp³-hybridized carbons (Fsp3) is 0. The van der Waals surface area contributed by atoms with Gasteiger partial charge in [-0.05, 0) is 123 Å². The third-order valence-electron chi connectivity index (χ3n) is 15.3. The van der Waals surface area contributed by atoms with Gasteiger partial charge >= 0.3 is 0 Å². The molecule has 5 nitrogen and oxygen atoms in total. The SMILES string of the molecule is N#Cc1ccc(-c2c(-c3ccccc3-n3c4ccc(-c5ccccc5)cc4c4cc(-c5ccccc5)ccc43)cncc2-c2ccccc2-n2c3ccc(-c4ccccc4)cc3c3cc(-c4ccccc4)ccc32)cc1C#N. The number of nitriles is 2. The molecule has 5 heteroatoms. The topological polar surface area (TPSA) is 70.3 Å². The van der Waals surface area contributed by atoms with Gasteiger partial charge < -0.3 is 9.13 Å². The summed E-state index contributed by atoms with van der Waals surface area (Å²) in [5, 5.41) is 25.4. The summed E-state index contributed by atoms with van der Waals surface area (Å²) < 4.78 is 4.78. The van der Waals surface area contributed by atoms with Crippen molar-refractivity contribution < 1.29 is 0 Å². The third kappa shape index (κ3) is 7.74. The van der Waals surface area contributed by atoms with Crippen LogP contribution in [0.25, 0.3) is 133 Å². The number of pyridine rings is 1. The van der Waals surface area contributed by atoms with Crippen LogP contribution in [0.15, 0.2) is 273 Å². The number of aromatic nitrogens is 3. The summed E-state index contributed by atoms with van der Waals surface area (Å²) in [4.78, 5) is 5.14. The first-order valence-electron chi connectivity index (χ1n) is 26.1. The highest BCUT2D eigenvalue weighted by Gasteiger charge is 2.25. The Morgan fingerprint density at radius 3 is 0.936 bits per heavy atom. The van der Waals surface area contributed by atoms with Gasteiger partial charge in [0, 0.05) is 61.8 Å². The van der Waals surface area contributed by atoms with Crippen LogP contribution in [0.4, 0.5) is 0 Å². The van der Waals surface area contributed by atoms with Gasteiger partial charge in [0.05, 0.1) is 44.6 Å². The molecule has 0 bridgehead atoms. The highest BCUT2D eigenvalue weighted by Crippen LogP contribution is 2.47. The predicted molar refractivity (Wildman–Crippen MR) is 320 cm³/mol. The largest absolute Gasteiger partial charge is 0.309 e. The zero-order valence-electron chi connectivity index (χ0n) is 42.2. The molecule has 14 aromatic rings. The Bertz CT molecular complexity index is 4270. The van der Waals surface area contributed by atoms with Gasteiger partial charge in [-0.3, -0.25) is 4.98 Å². The van der Waals surface area contributed by atoms with E-state index in [1.54, 1.807) is 6.07 Å². The minimum Gasteiger partial charge on any atom is -0.309 e. The van der Waals surface area contributed by atoms with Crippen molar-refractivity contribution >= 4 is 43.6 Å². The van der Waals surface area contributed by atoms with Crippen LogP contribution in [0.3, 0.4) is 0 Å². The lowest BCUT2D eigenvalue weighted by molar-refractivity contribution is 1.17. The summed E-state index contributed by atoms with van der Waals surface area (Å²) in [5.41, 5.74) is 21.4. The maximum atomic E-state index is 10.6. The van der Waals surface area contributed by atoms with Crippen molar-refractivity contribution in [2.24, 2.45) is 0 Å². The molecule has 0 aliphatic heterocycles. The number of hydrogen-bond donors (Lipinski definition) is 0. The summed E-state index contributed by atoms with van der Waals surface area (Å²) in [6.07, 6.45) is 3.91. The van der Waals surface area contributed by atoms with E-state index in [4.69, 9.17) is 4.98 Å². The molecule has 0 aliphatic rings. The zero-order valence-corrected chi connectivity index (χ0v) is 42.2. The van der Waals surface area contributed by atoms with E-state index in [1.165, 1.54) is 0 Å². The molecule has 0 saturated heterocycles. The van der Waals surface area contributed by atoms with Crippen molar-refractivity contribution in [3.05, 3.63) is 284 Å². The third-order valence-corrected chi connectivity index (χ3v) is 15.3.